The summed E-state index contributed by atoms with van der Waals surface area (Å²) in [5, 5.41) is 2.97. The van der Waals surface area contributed by atoms with Crippen LogP contribution >= 0.6 is 0 Å². The van der Waals surface area contributed by atoms with E-state index in [0.717, 1.165) is 24.0 Å². The fraction of sp³-hybridized carbons (Fsp3) is 0.300. The van der Waals surface area contributed by atoms with Gasteiger partial charge in [0, 0.05) is 5.69 Å². The van der Waals surface area contributed by atoms with E-state index in [1.807, 2.05) is 37.3 Å². The van der Waals surface area contributed by atoms with Crippen LogP contribution in [-0.4, -0.2) is 19.0 Å². The number of nitrogens with one attached hydrogen (secondary N) is 1. The Kier molecular flexibility index (Phi) is 6.13. The Hall–Kier alpha value is -2.62. The van der Waals surface area contributed by atoms with E-state index in [9.17, 15) is 9.59 Å². The normalized spacial score (nSPS) is 11.6. The number of ether oxygens (including phenoxy) is 1. The van der Waals surface area contributed by atoms with Crippen molar-refractivity contribution >= 4 is 17.6 Å². The highest BCUT2D eigenvalue weighted by Gasteiger charge is 2.20. The maximum atomic E-state index is 12.8. The lowest BCUT2D eigenvalue weighted by Gasteiger charge is -2.18. The molecule has 0 radical (unpaired) electrons. The molecule has 1 atom stereocenters. The highest BCUT2D eigenvalue weighted by Crippen LogP contribution is 2.25. The second kappa shape index (κ2) is 8.29. The van der Waals surface area contributed by atoms with Crippen LogP contribution in [0.5, 0.6) is 0 Å². The lowest BCUT2D eigenvalue weighted by molar-refractivity contribution is -0.117. The average Bonchev–Trinajstić information content (AvgIpc) is 2.61. The summed E-state index contributed by atoms with van der Waals surface area (Å²) in [5.74, 6) is -0.691. The molecule has 4 nitrogen and oxygen atoms in total. The quantitative estimate of drug-likeness (QED) is 0.805. The van der Waals surface area contributed by atoms with E-state index >= 15 is 0 Å². The molecule has 0 bridgehead atoms. The van der Waals surface area contributed by atoms with Crippen molar-refractivity contribution in [3.05, 3.63) is 65.2 Å². The zero-order chi connectivity index (χ0) is 17.5. The van der Waals surface area contributed by atoms with E-state index < -0.39 is 5.97 Å². The Morgan fingerprint density at radius 3 is 2.46 bits per heavy atom. The number of aryl methyl sites for hydroxylation is 1. The fourth-order valence-corrected chi connectivity index (χ4v) is 2.64. The van der Waals surface area contributed by atoms with E-state index in [4.69, 9.17) is 4.74 Å². The number of benzene rings is 2. The fourth-order valence-electron chi connectivity index (χ4n) is 2.64. The molecule has 0 fully saturated rings. The molecule has 0 aliphatic heterocycles. The number of methoxy groups -OCH3 is 1. The molecule has 0 spiro atoms. The van der Waals surface area contributed by atoms with Crippen molar-refractivity contribution in [2.45, 2.75) is 32.6 Å². The van der Waals surface area contributed by atoms with E-state index in [-0.39, 0.29) is 11.8 Å². The van der Waals surface area contributed by atoms with Crippen molar-refractivity contribution in [2.24, 2.45) is 0 Å². The van der Waals surface area contributed by atoms with Gasteiger partial charge in [-0.1, -0.05) is 49.7 Å². The van der Waals surface area contributed by atoms with E-state index in [0.29, 0.717) is 11.3 Å². The van der Waals surface area contributed by atoms with Gasteiger partial charge in [-0.3, -0.25) is 4.79 Å². The van der Waals surface area contributed by atoms with Crippen LogP contribution in [0, 0.1) is 6.92 Å². The van der Waals surface area contributed by atoms with Crippen molar-refractivity contribution in [1.82, 2.24) is 0 Å². The zero-order valence-electron chi connectivity index (χ0n) is 14.3. The van der Waals surface area contributed by atoms with Crippen LogP contribution in [0.2, 0.25) is 0 Å². The molecule has 2 rings (SSSR count). The molecular formula is C20H23NO3. The molecule has 0 aliphatic rings. The summed E-state index contributed by atoms with van der Waals surface area (Å²) in [7, 11) is 1.34. The topological polar surface area (TPSA) is 55.4 Å². The van der Waals surface area contributed by atoms with Crippen LogP contribution in [-0.2, 0) is 9.53 Å². The molecule has 0 aliphatic carbocycles. The Labute approximate surface area is 142 Å². The summed E-state index contributed by atoms with van der Waals surface area (Å²) < 4.78 is 4.74. The first-order chi connectivity index (χ1) is 11.6. The molecule has 1 amide bonds. The molecule has 0 aromatic heterocycles. The van der Waals surface area contributed by atoms with Crippen molar-refractivity contribution in [1.29, 1.82) is 0 Å². The summed E-state index contributed by atoms with van der Waals surface area (Å²) >= 11 is 0. The van der Waals surface area contributed by atoms with Crippen LogP contribution in [0.4, 0.5) is 5.69 Å². The zero-order valence-corrected chi connectivity index (χ0v) is 14.3. The monoisotopic (exact) mass is 325 g/mol. The van der Waals surface area contributed by atoms with Gasteiger partial charge in [0.05, 0.1) is 18.6 Å². The number of hydrogen-bond acceptors (Lipinski definition) is 3. The largest absolute Gasteiger partial charge is 0.465 e. The number of rotatable bonds is 6. The number of amides is 1. The second-order valence-corrected chi connectivity index (χ2v) is 5.76. The molecule has 0 saturated carbocycles. The minimum absolute atomic E-state index is 0.0619. The van der Waals surface area contributed by atoms with Crippen LogP contribution in [0.25, 0.3) is 0 Å². The van der Waals surface area contributed by atoms with Crippen molar-refractivity contribution < 1.29 is 14.3 Å². The number of hydrogen-bond donors (Lipinski definition) is 1. The van der Waals surface area contributed by atoms with E-state index in [1.165, 1.54) is 7.11 Å². The summed E-state index contributed by atoms with van der Waals surface area (Å²) in [6, 6.07) is 14.9. The summed E-state index contributed by atoms with van der Waals surface area (Å²) in [5.41, 5.74) is 2.96. The van der Waals surface area contributed by atoms with Crippen LogP contribution < -0.4 is 5.32 Å². The molecule has 0 heterocycles. The maximum absolute atomic E-state index is 12.8. The molecular weight excluding hydrogens is 302 g/mol. The molecule has 2 aromatic rings. The molecule has 4 heteroatoms. The second-order valence-electron chi connectivity index (χ2n) is 5.76. The number of carbonyl (C=O) groups excluding carboxylic acids is 2. The van der Waals surface area contributed by atoms with Gasteiger partial charge in [-0.05, 0) is 36.6 Å². The van der Waals surface area contributed by atoms with E-state index in [2.05, 4.69) is 12.2 Å². The van der Waals surface area contributed by atoms with E-state index in [1.54, 1.807) is 18.2 Å². The lowest BCUT2D eigenvalue weighted by Crippen LogP contribution is -2.22. The van der Waals surface area contributed by atoms with Gasteiger partial charge in [0.25, 0.3) is 0 Å². The highest BCUT2D eigenvalue weighted by atomic mass is 16.5. The van der Waals surface area contributed by atoms with Gasteiger partial charge in [-0.25, -0.2) is 4.79 Å². The standard InChI is InChI=1S/C20H23NO3/c1-4-8-17(15-9-6-5-7-10-15)19(22)21-18-13-16(20(23)24-3)12-11-14(18)2/h5-7,9-13,17H,4,8H2,1-3H3,(H,21,22)/t17-/m1/s1. The van der Waals surface area contributed by atoms with Crippen molar-refractivity contribution in [2.75, 3.05) is 12.4 Å². The number of carbonyl (C=O) groups is 2. The molecule has 1 N–H and O–H groups in total. The van der Waals surface area contributed by atoms with Gasteiger partial charge >= 0.3 is 5.97 Å². The minimum atomic E-state index is -0.418. The number of esters is 1. The Morgan fingerprint density at radius 2 is 1.83 bits per heavy atom. The third kappa shape index (κ3) is 4.22. The predicted octanol–water partition coefficient (Wildman–Crippen LogP) is 4.30. The molecule has 0 unspecified atom stereocenters. The molecule has 0 saturated heterocycles. The Balaban J connectivity index is 2.25. The molecule has 24 heavy (non-hydrogen) atoms. The minimum Gasteiger partial charge on any atom is -0.465 e. The van der Waals surface area contributed by atoms with Gasteiger partial charge in [-0.15, -0.1) is 0 Å². The van der Waals surface area contributed by atoms with Crippen molar-refractivity contribution in [3.8, 4) is 0 Å². The summed E-state index contributed by atoms with van der Waals surface area (Å²) in [4.78, 5) is 24.5. The third-order valence-corrected chi connectivity index (χ3v) is 4.01. The highest BCUT2D eigenvalue weighted by molar-refractivity contribution is 5.98. The third-order valence-electron chi connectivity index (χ3n) is 4.01. The van der Waals surface area contributed by atoms with Crippen LogP contribution in [0.1, 0.15) is 47.2 Å². The SMILES string of the molecule is CCC[C@@H](C(=O)Nc1cc(C(=O)OC)ccc1C)c1ccccc1. The summed E-state index contributed by atoms with van der Waals surface area (Å²) in [6.45, 7) is 3.96. The van der Waals surface area contributed by atoms with Crippen LogP contribution in [0.15, 0.2) is 48.5 Å². The first kappa shape index (κ1) is 17.7. The first-order valence-electron chi connectivity index (χ1n) is 8.11. The lowest BCUT2D eigenvalue weighted by atomic mass is 9.93. The van der Waals surface area contributed by atoms with Gasteiger partial charge in [0.2, 0.25) is 5.91 Å². The van der Waals surface area contributed by atoms with Crippen LogP contribution in [0.3, 0.4) is 0 Å². The van der Waals surface area contributed by atoms with Crippen molar-refractivity contribution in [3.63, 3.8) is 0 Å². The average molecular weight is 325 g/mol. The van der Waals surface area contributed by atoms with Gasteiger partial charge in [0.1, 0.15) is 0 Å². The Morgan fingerprint density at radius 1 is 1.12 bits per heavy atom. The predicted molar refractivity (Wildman–Crippen MR) is 95.2 cm³/mol. The van der Waals surface area contributed by atoms with Gasteiger partial charge < -0.3 is 10.1 Å². The smallest absolute Gasteiger partial charge is 0.337 e. The van der Waals surface area contributed by atoms with Gasteiger partial charge in [-0.2, -0.15) is 0 Å². The van der Waals surface area contributed by atoms with Gasteiger partial charge in [0.15, 0.2) is 0 Å². The molecule has 2 aromatic carbocycles. The number of anilines is 1. The first-order valence-corrected chi connectivity index (χ1v) is 8.11. The maximum Gasteiger partial charge on any atom is 0.337 e. The molecule has 126 valence electrons. The Bertz CT molecular complexity index is 710. The summed E-state index contributed by atoms with van der Waals surface area (Å²) in [6.07, 6.45) is 1.68.